The summed E-state index contributed by atoms with van der Waals surface area (Å²) in [5, 5.41) is 25.6. The molecule has 1 aromatic heterocycles. The molecule has 6 rings (SSSR count). The van der Waals surface area contributed by atoms with Crippen molar-refractivity contribution in [3.05, 3.63) is 47.2 Å². The fraction of sp³-hybridized carbons (Fsp3) is 0.542. The zero-order valence-corrected chi connectivity index (χ0v) is 17.7. The average molecular weight is 419 g/mol. The number of aliphatic hydroxyl groups is 1. The molecule has 2 atom stereocenters. The highest BCUT2D eigenvalue weighted by atomic mass is 16.3. The van der Waals surface area contributed by atoms with Gasteiger partial charge in [-0.05, 0) is 66.4 Å². The van der Waals surface area contributed by atoms with Crippen molar-refractivity contribution < 1.29 is 5.11 Å². The van der Waals surface area contributed by atoms with E-state index in [-0.39, 0.29) is 12.0 Å². The SMILES string of the molecule is N#Cc1cnc(NCc2cccc(CO)c2)nc1NCC12CC3CC(C1)C(N)C(C3)C2. The van der Waals surface area contributed by atoms with Crippen LogP contribution in [-0.4, -0.2) is 27.7 Å². The highest BCUT2D eigenvalue weighted by Gasteiger charge is 2.54. The number of rotatable bonds is 7. The van der Waals surface area contributed by atoms with Crippen LogP contribution in [-0.2, 0) is 13.2 Å². The van der Waals surface area contributed by atoms with Crippen LogP contribution in [0.5, 0.6) is 0 Å². The topological polar surface area (TPSA) is 120 Å². The number of nitrogens with one attached hydrogen (secondary N) is 2. The first-order valence-corrected chi connectivity index (χ1v) is 11.3. The molecule has 2 aromatic rings. The molecule has 5 N–H and O–H groups in total. The highest BCUT2D eigenvalue weighted by Crippen LogP contribution is 2.59. The molecule has 4 fully saturated rings. The van der Waals surface area contributed by atoms with E-state index in [0.717, 1.165) is 23.6 Å². The van der Waals surface area contributed by atoms with Crippen LogP contribution < -0.4 is 16.4 Å². The number of nitrogens with zero attached hydrogens (tertiary/aromatic N) is 3. The van der Waals surface area contributed by atoms with Gasteiger partial charge in [0.25, 0.3) is 0 Å². The van der Waals surface area contributed by atoms with Gasteiger partial charge in [-0.1, -0.05) is 24.3 Å². The van der Waals surface area contributed by atoms with Crippen molar-refractivity contribution in [3.63, 3.8) is 0 Å². The summed E-state index contributed by atoms with van der Waals surface area (Å²) < 4.78 is 0. The summed E-state index contributed by atoms with van der Waals surface area (Å²) in [7, 11) is 0. The highest BCUT2D eigenvalue weighted by molar-refractivity contribution is 5.53. The van der Waals surface area contributed by atoms with Crippen molar-refractivity contribution >= 4 is 11.8 Å². The van der Waals surface area contributed by atoms with Crippen molar-refractivity contribution in [2.75, 3.05) is 17.2 Å². The lowest BCUT2D eigenvalue weighted by Crippen LogP contribution is -2.58. The van der Waals surface area contributed by atoms with E-state index < -0.39 is 0 Å². The molecule has 1 heterocycles. The number of nitrogens with two attached hydrogens (primary N) is 1. The van der Waals surface area contributed by atoms with Gasteiger partial charge in [0, 0.05) is 19.1 Å². The molecule has 1 aromatic carbocycles. The van der Waals surface area contributed by atoms with E-state index in [0.29, 0.717) is 41.8 Å². The Balaban J connectivity index is 1.27. The summed E-state index contributed by atoms with van der Waals surface area (Å²) >= 11 is 0. The predicted octanol–water partition coefficient (Wildman–Crippen LogP) is 3.02. The molecule has 4 saturated carbocycles. The third-order valence-electron chi connectivity index (χ3n) is 7.64. The minimum Gasteiger partial charge on any atom is -0.392 e. The second kappa shape index (κ2) is 8.10. The maximum Gasteiger partial charge on any atom is 0.224 e. The Hall–Kier alpha value is -2.69. The van der Waals surface area contributed by atoms with Gasteiger partial charge in [-0.3, -0.25) is 0 Å². The Morgan fingerprint density at radius 3 is 2.68 bits per heavy atom. The molecule has 0 aliphatic heterocycles. The van der Waals surface area contributed by atoms with Crippen LogP contribution in [0.4, 0.5) is 11.8 Å². The quantitative estimate of drug-likeness (QED) is 0.545. The summed E-state index contributed by atoms with van der Waals surface area (Å²) in [5.74, 6) is 3.21. The zero-order chi connectivity index (χ0) is 21.4. The number of nitriles is 1. The van der Waals surface area contributed by atoms with Gasteiger partial charge in [0.15, 0.2) is 0 Å². The Kier molecular flexibility index (Phi) is 5.28. The lowest BCUT2D eigenvalue weighted by Gasteiger charge is -2.59. The molecular weight excluding hydrogens is 388 g/mol. The summed E-state index contributed by atoms with van der Waals surface area (Å²) in [6, 6.07) is 10.3. The van der Waals surface area contributed by atoms with E-state index in [9.17, 15) is 10.4 Å². The number of anilines is 2. The number of aliphatic hydroxyl groups excluding tert-OH is 1. The Morgan fingerprint density at radius 2 is 1.94 bits per heavy atom. The van der Waals surface area contributed by atoms with Crippen molar-refractivity contribution in [2.24, 2.45) is 28.9 Å². The van der Waals surface area contributed by atoms with Crippen LogP contribution in [0.3, 0.4) is 0 Å². The first kappa shape index (κ1) is 20.2. The molecule has 0 radical (unpaired) electrons. The fourth-order valence-corrected chi connectivity index (χ4v) is 6.42. The average Bonchev–Trinajstić information content (AvgIpc) is 2.79. The van der Waals surface area contributed by atoms with Crippen LogP contribution in [0.15, 0.2) is 30.5 Å². The molecule has 7 heteroatoms. The standard InChI is InChI=1S/C24H30N6O/c25-10-20-12-28-23(27-11-15-2-1-3-16(4-15)13-31)30-22(20)29-14-24-7-17-5-18(8-24)21(26)19(6-17)9-24/h1-4,12,17-19,21,31H,5-9,11,13-14,26H2,(H2,27,28,29,30). The molecule has 4 aliphatic carbocycles. The molecule has 4 bridgehead atoms. The fourth-order valence-electron chi connectivity index (χ4n) is 6.42. The Morgan fingerprint density at radius 1 is 1.16 bits per heavy atom. The van der Waals surface area contributed by atoms with Gasteiger partial charge < -0.3 is 21.5 Å². The normalized spacial score (nSPS) is 30.7. The van der Waals surface area contributed by atoms with Crippen LogP contribution in [0, 0.1) is 34.5 Å². The smallest absolute Gasteiger partial charge is 0.224 e. The molecule has 7 nitrogen and oxygen atoms in total. The lowest BCUT2D eigenvalue weighted by molar-refractivity contribution is -0.0591. The van der Waals surface area contributed by atoms with Crippen LogP contribution in [0.1, 0.15) is 48.8 Å². The van der Waals surface area contributed by atoms with Gasteiger partial charge in [0.2, 0.25) is 5.95 Å². The van der Waals surface area contributed by atoms with E-state index in [1.807, 2.05) is 24.3 Å². The molecular formula is C24H30N6O. The maximum absolute atomic E-state index is 9.54. The lowest BCUT2D eigenvalue weighted by atomic mass is 9.48. The minimum absolute atomic E-state index is 0.0184. The van der Waals surface area contributed by atoms with E-state index >= 15 is 0 Å². The maximum atomic E-state index is 9.54. The van der Waals surface area contributed by atoms with Crippen LogP contribution in [0.25, 0.3) is 0 Å². The molecule has 0 saturated heterocycles. The first-order chi connectivity index (χ1) is 15.1. The van der Waals surface area contributed by atoms with E-state index in [4.69, 9.17) is 5.73 Å². The number of aromatic nitrogens is 2. The summed E-state index contributed by atoms with van der Waals surface area (Å²) in [4.78, 5) is 8.91. The zero-order valence-electron chi connectivity index (χ0n) is 17.7. The molecule has 2 unspecified atom stereocenters. The van der Waals surface area contributed by atoms with Gasteiger partial charge in [-0.15, -0.1) is 0 Å². The van der Waals surface area contributed by atoms with Gasteiger partial charge in [-0.25, -0.2) is 4.98 Å². The summed E-state index contributed by atoms with van der Waals surface area (Å²) in [6.45, 7) is 1.41. The van der Waals surface area contributed by atoms with Crippen molar-refractivity contribution in [3.8, 4) is 6.07 Å². The van der Waals surface area contributed by atoms with Gasteiger partial charge in [-0.2, -0.15) is 10.2 Å². The molecule has 162 valence electrons. The summed E-state index contributed by atoms with van der Waals surface area (Å²) in [5.41, 5.74) is 9.15. The molecule has 31 heavy (non-hydrogen) atoms. The van der Waals surface area contributed by atoms with Crippen molar-refractivity contribution in [2.45, 2.75) is 51.3 Å². The third kappa shape index (κ3) is 3.98. The predicted molar refractivity (Wildman–Crippen MR) is 119 cm³/mol. The van der Waals surface area contributed by atoms with Crippen LogP contribution >= 0.6 is 0 Å². The van der Waals surface area contributed by atoms with Crippen LogP contribution in [0.2, 0.25) is 0 Å². The van der Waals surface area contributed by atoms with E-state index in [1.165, 1.54) is 32.1 Å². The Bertz CT molecular complexity index is 986. The van der Waals surface area contributed by atoms with Crippen molar-refractivity contribution in [1.29, 1.82) is 5.26 Å². The van der Waals surface area contributed by atoms with Crippen molar-refractivity contribution in [1.82, 2.24) is 9.97 Å². The number of hydrogen-bond donors (Lipinski definition) is 4. The van der Waals surface area contributed by atoms with Gasteiger partial charge in [0.05, 0.1) is 12.8 Å². The Labute approximate surface area is 183 Å². The van der Waals surface area contributed by atoms with E-state index in [1.54, 1.807) is 6.20 Å². The van der Waals surface area contributed by atoms with E-state index in [2.05, 4.69) is 26.7 Å². The minimum atomic E-state index is 0.0184. The third-order valence-corrected chi connectivity index (χ3v) is 7.64. The number of benzene rings is 1. The second-order valence-corrected chi connectivity index (χ2v) is 9.80. The van der Waals surface area contributed by atoms with Gasteiger partial charge >= 0.3 is 0 Å². The largest absolute Gasteiger partial charge is 0.392 e. The number of hydrogen-bond acceptors (Lipinski definition) is 7. The first-order valence-electron chi connectivity index (χ1n) is 11.3. The molecule has 4 aliphatic rings. The summed E-state index contributed by atoms with van der Waals surface area (Å²) in [6.07, 6.45) is 7.81. The molecule has 0 spiro atoms. The van der Waals surface area contributed by atoms with Gasteiger partial charge in [0.1, 0.15) is 17.5 Å². The molecule has 0 amide bonds. The monoisotopic (exact) mass is 418 g/mol. The second-order valence-electron chi connectivity index (χ2n) is 9.80.